The largest absolute Gasteiger partial charge is 0.343 e. The predicted octanol–water partition coefficient (Wildman–Crippen LogP) is 3.35. The lowest BCUT2D eigenvalue weighted by atomic mass is 9.76. The Hall–Kier alpha value is -2.94. The summed E-state index contributed by atoms with van der Waals surface area (Å²) in [6.45, 7) is 1.95. The summed E-state index contributed by atoms with van der Waals surface area (Å²) in [7, 11) is 0. The number of nitro benzene ring substituents is 1. The number of carbonyl (C=O) groups excluding carboxylic acids is 1. The van der Waals surface area contributed by atoms with Gasteiger partial charge < -0.3 is 10.3 Å². The first-order valence-corrected chi connectivity index (χ1v) is 10.0. The second-order valence-corrected chi connectivity index (χ2v) is 7.86. The third kappa shape index (κ3) is 3.01. The fraction of sp³-hybridized carbons (Fsp3) is 0.316. The zero-order valence-corrected chi connectivity index (χ0v) is 16.0. The minimum atomic E-state index is -0.808. The SMILES string of the molecule is CCSc1nc2c(c(=O)[nH]1)[C@H](c1ccccc1[N+](=O)[O-])C1=C(CCCC1=O)N2. The summed E-state index contributed by atoms with van der Waals surface area (Å²) in [5.74, 6) is 0.213. The number of rotatable bonds is 4. The summed E-state index contributed by atoms with van der Waals surface area (Å²) in [4.78, 5) is 44.1. The van der Waals surface area contributed by atoms with E-state index < -0.39 is 10.8 Å². The van der Waals surface area contributed by atoms with E-state index in [2.05, 4.69) is 15.3 Å². The van der Waals surface area contributed by atoms with Gasteiger partial charge in [-0.2, -0.15) is 0 Å². The number of aromatic nitrogens is 2. The molecule has 0 amide bonds. The Labute approximate surface area is 164 Å². The van der Waals surface area contributed by atoms with Crippen molar-refractivity contribution in [2.75, 3.05) is 11.1 Å². The van der Waals surface area contributed by atoms with Gasteiger partial charge in [-0.1, -0.05) is 36.9 Å². The van der Waals surface area contributed by atoms with E-state index in [1.165, 1.54) is 17.8 Å². The van der Waals surface area contributed by atoms with E-state index in [0.717, 1.165) is 5.75 Å². The van der Waals surface area contributed by atoms with Crippen molar-refractivity contribution in [3.63, 3.8) is 0 Å². The highest BCUT2D eigenvalue weighted by Gasteiger charge is 2.40. The lowest BCUT2D eigenvalue weighted by Crippen LogP contribution is -2.33. The van der Waals surface area contributed by atoms with Crippen LogP contribution in [0.2, 0.25) is 0 Å². The van der Waals surface area contributed by atoms with Crippen molar-refractivity contribution < 1.29 is 9.72 Å². The quantitative estimate of drug-likeness (QED) is 0.351. The van der Waals surface area contributed by atoms with Crippen molar-refractivity contribution in [3.8, 4) is 0 Å². The Bertz CT molecular complexity index is 1080. The lowest BCUT2D eigenvalue weighted by Gasteiger charge is -2.32. The molecule has 2 N–H and O–H groups in total. The number of fused-ring (bicyclic) bond motifs is 1. The van der Waals surface area contributed by atoms with Gasteiger partial charge in [-0.25, -0.2) is 4.98 Å². The molecule has 8 nitrogen and oxygen atoms in total. The second-order valence-electron chi connectivity index (χ2n) is 6.61. The number of para-hydroxylation sites is 1. The van der Waals surface area contributed by atoms with E-state index in [9.17, 15) is 19.7 Å². The number of benzene rings is 1. The van der Waals surface area contributed by atoms with Crippen LogP contribution >= 0.6 is 11.8 Å². The first kappa shape index (κ1) is 18.4. The molecule has 28 heavy (non-hydrogen) atoms. The number of allylic oxidation sites excluding steroid dienone is 2. The van der Waals surface area contributed by atoms with E-state index in [1.807, 2.05) is 6.92 Å². The highest BCUT2D eigenvalue weighted by Crippen LogP contribution is 2.45. The van der Waals surface area contributed by atoms with Crippen LogP contribution in [0, 0.1) is 10.1 Å². The zero-order chi connectivity index (χ0) is 19.8. The van der Waals surface area contributed by atoms with Gasteiger partial charge in [0.2, 0.25) is 0 Å². The van der Waals surface area contributed by atoms with E-state index in [-0.39, 0.29) is 22.6 Å². The molecule has 0 fully saturated rings. The molecular weight excluding hydrogens is 380 g/mol. The molecule has 1 atom stereocenters. The number of thioether (sulfide) groups is 1. The van der Waals surface area contributed by atoms with Gasteiger partial charge >= 0.3 is 0 Å². The third-order valence-electron chi connectivity index (χ3n) is 4.96. The monoisotopic (exact) mass is 398 g/mol. The van der Waals surface area contributed by atoms with Crippen molar-refractivity contribution in [2.24, 2.45) is 0 Å². The maximum Gasteiger partial charge on any atom is 0.273 e. The number of nitrogens with zero attached hydrogens (tertiary/aromatic N) is 2. The Morgan fingerprint density at radius 3 is 2.82 bits per heavy atom. The van der Waals surface area contributed by atoms with Crippen molar-refractivity contribution in [2.45, 2.75) is 37.3 Å². The molecule has 144 valence electrons. The average molecular weight is 398 g/mol. The van der Waals surface area contributed by atoms with Gasteiger partial charge in [0.25, 0.3) is 11.2 Å². The fourth-order valence-corrected chi connectivity index (χ4v) is 4.45. The number of ketones is 1. The Morgan fingerprint density at radius 1 is 1.29 bits per heavy atom. The molecule has 2 aliphatic rings. The average Bonchev–Trinajstić information content (AvgIpc) is 2.67. The predicted molar refractivity (Wildman–Crippen MR) is 106 cm³/mol. The number of H-pyrrole nitrogens is 1. The van der Waals surface area contributed by atoms with Crippen molar-refractivity contribution in [1.82, 2.24) is 9.97 Å². The lowest BCUT2D eigenvalue weighted by molar-refractivity contribution is -0.385. The molecule has 1 aromatic carbocycles. The van der Waals surface area contributed by atoms with Crippen LogP contribution in [0.25, 0.3) is 0 Å². The van der Waals surface area contributed by atoms with E-state index in [0.29, 0.717) is 47.1 Å². The van der Waals surface area contributed by atoms with Crippen LogP contribution in [-0.4, -0.2) is 26.4 Å². The fourth-order valence-electron chi connectivity index (χ4n) is 3.85. The van der Waals surface area contributed by atoms with Crippen LogP contribution < -0.4 is 10.9 Å². The van der Waals surface area contributed by atoms with Crippen LogP contribution in [-0.2, 0) is 4.79 Å². The summed E-state index contributed by atoms with van der Waals surface area (Å²) in [5, 5.41) is 15.3. The number of aromatic amines is 1. The minimum Gasteiger partial charge on any atom is -0.343 e. The van der Waals surface area contributed by atoms with Gasteiger partial charge in [-0.05, 0) is 18.6 Å². The van der Waals surface area contributed by atoms with Gasteiger partial charge in [0.05, 0.1) is 16.4 Å². The second kappa shape index (κ2) is 7.23. The summed E-state index contributed by atoms with van der Waals surface area (Å²) < 4.78 is 0. The van der Waals surface area contributed by atoms with Gasteiger partial charge in [0.15, 0.2) is 10.9 Å². The van der Waals surface area contributed by atoms with Crippen LogP contribution in [0.4, 0.5) is 11.5 Å². The van der Waals surface area contributed by atoms with Gasteiger partial charge in [-0.3, -0.25) is 19.7 Å². The smallest absolute Gasteiger partial charge is 0.273 e. The molecular formula is C19H18N4O4S. The highest BCUT2D eigenvalue weighted by atomic mass is 32.2. The molecule has 0 saturated carbocycles. The molecule has 4 rings (SSSR count). The number of hydrogen-bond acceptors (Lipinski definition) is 7. The van der Waals surface area contributed by atoms with E-state index in [4.69, 9.17) is 0 Å². The van der Waals surface area contributed by atoms with E-state index in [1.54, 1.807) is 18.2 Å². The first-order chi connectivity index (χ1) is 13.5. The molecule has 1 aliphatic carbocycles. The molecule has 1 aliphatic heterocycles. The normalized spacial score (nSPS) is 18.3. The van der Waals surface area contributed by atoms with Crippen LogP contribution in [0.1, 0.15) is 43.2 Å². The molecule has 1 aromatic heterocycles. The van der Waals surface area contributed by atoms with Crippen LogP contribution in [0.5, 0.6) is 0 Å². The highest BCUT2D eigenvalue weighted by molar-refractivity contribution is 7.99. The molecule has 0 saturated heterocycles. The summed E-state index contributed by atoms with van der Waals surface area (Å²) >= 11 is 1.40. The van der Waals surface area contributed by atoms with Crippen molar-refractivity contribution >= 4 is 29.1 Å². The maximum atomic E-state index is 13.0. The Balaban J connectivity index is 2.00. The molecule has 9 heteroatoms. The van der Waals surface area contributed by atoms with Gasteiger partial charge in [0.1, 0.15) is 5.82 Å². The number of nitrogens with one attached hydrogen (secondary N) is 2. The maximum absolute atomic E-state index is 13.0. The number of carbonyl (C=O) groups is 1. The van der Waals surface area contributed by atoms with Gasteiger partial charge in [-0.15, -0.1) is 0 Å². The Morgan fingerprint density at radius 2 is 2.07 bits per heavy atom. The molecule has 2 heterocycles. The molecule has 0 unspecified atom stereocenters. The first-order valence-electron chi connectivity index (χ1n) is 9.04. The number of nitro groups is 1. The molecule has 0 spiro atoms. The molecule has 0 bridgehead atoms. The number of anilines is 1. The minimum absolute atomic E-state index is 0.0889. The molecule has 2 aromatic rings. The Kier molecular flexibility index (Phi) is 4.76. The standard InChI is InChI=1S/C19H18N4O4S/c1-2-28-19-21-17-16(18(25)22-19)14(10-6-3-4-8-12(10)23(26)27)15-11(20-17)7-5-9-13(15)24/h3-4,6,8,14H,2,5,7,9H2,1H3,(H2,20,21,22,25)/t14-/m1/s1. The van der Waals surface area contributed by atoms with Crippen molar-refractivity contribution in [1.29, 1.82) is 0 Å². The summed E-state index contributed by atoms with van der Waals surface area (Å²) in [5.41, 5.74) is 1.23. The third-order valence-corrected chi connectivity index (χ3v) is 5.72. The topological polar surface area (TPSA) is 118 Å². The van der Waals surface area contributed by atoms with E-state index >= 15 is 0 Å². The summed E-state index contributed by atoms with van der Waals surface area (Å²) in [6.07, 6.45) is 1.70. The number of hydrogen-bond donors (Lipinski definition) is 2. The summed E-state index contributed by atoms with van der Waals surface area (Å²) in [6, 6.07) is 6.26. The van der Waals surface area contributed by atoms with Crippen molar-refractivity contribution in [3.05, 3.63) is 67.1 Å². The molecule has 0 radical (unpaired) electrons. The van der Waals surface area contributed by atoms with Crippen LogP contribution in [0.15, 0.2) is 45.5 Å². The van der Waals surface area contributed by atoms with Gasteiger partial charge in [0, 0.05) is 29.3 Å². The number of Topliss-reactive ketones (excluding diaryl/α,β-unsaturated/α-hetero) is 1. The zero-order valence-electron chi connectivity index (χ0n) is 15.2. The van der Waals surface area contributed by atoms with Crippen LogP contribution in [0.3, 0.4) is 0 Å².